The predicted octanol–water partition coefficient (Wildman–Crippen LogP) is 6.53. The highest BCUT2D eigenvalue weighted by atomic mass is 35.5. The van der Waals surface area contributed by atoms with Crippen molar-refractivity contribution in [3.05, 3.63) is 93.5 Å². The molecule has 3 nitrogen and oxygen atoms in total. The van der Waals surface area contributed by atoms with Crippen LogP contribution in [0.4, 0.5) is 5.69 Å². The monoisotopic (exact) mass is 429 g/mol. The van der Waals surface area contributed by atoms with E-state index < -0.39 is 0 Å². The highest BCUT2D eigenvalue weighted by molar-refractivity contribution is 8.00. The lowest BCUT2D eigenvalue weighted by molar-refractivity contribution is 0.101. The topological polar surface area (TPSA) is 46.2 Å². The van der Waals surface area contributed by atoms with Gasteiger partial charge in [0, 0.05) is 26.7 Å². The molecule has 0 radical (unpaired) electrons. The predicted molar refractivity (Wildman–Crippen MR) is 117 cm³/mol. The van der Waals surface area contributed by atoms with Crippen molar-refractivity contribution in [1.29, 1.82) is 0 Å². The molecule has 0 aliphatic rings. The number of hydrogen-bond donors (Lipinski definition) is 1. The molecule has 142 valence electrons. The molecule has 0 aliphatic heterocycles. The van der Waals surface area contributed by atoms with Gasteiger partial charge in [-0.25, -0.2) is 0 Å². The SMILES string of the molecule is Cc1cccc(C(=O)Nc2ccc(SCC(=O)c3ccc(Cl)cc3Cl)cc2)c1. The van der Waals surface area contributed by atoms with Gasteiger partial charge in [0.25, 0.3) is 5.91 Å². The van der Waals surface area contributed by atoms with Gasteiger partial charge in [-0.2, -0.15) is 0 Å². The molecule has 3 aromatic carbocycles. The quantitative estimate of drug-likeness (QED) is 0.357. The number of ketones is 1. The summed E-state index contributed by atoms with van der Waals surface area (Å²) < 4.78 is 0. The first kappa shape index (κ1) is 20.5. The van der Waals surface area contributed by atoms with Gasteiger partial charge in [-0.1, -0.05) is 40.9 Å². The second-order valence-electron chi connectivity index (χ2n) is 6.18. The number of halogens is 2. The Morgan fingerprint density at radius 2 is 1.71 bits per heavy atom. The van der Waals surface area contributed by atoms with Gasteiger partial charge >= 0.3 is 0 Å². The third-order valence-electron chi connectivity index (χ3n) is 3.99. The van der Waals surface area contributed by atoms with Gasteiger partial charge in [0.1, 0.15) is 0 Å². The van der Waals surface area contributed by atoms with Crippen LogP contribution in [0.5, 0.6) is 0 Å². The van der Waals surface area contributed by atoms with Gasteiger partial charge in [0.2, 0.25) is 0 Å². The molecule has 0 aliphatic carbocycles. The molecule has 0 spiro atoms. The summed E-state index contributed by atoms with van der Waals surface area (Å²) in [6.07, 6.45) is 0. The minimum atomic E-state index is -0.156. The Kier molecular flexibility index (Phi) is 6.79. The van der Waals surface area contributed by atoms with Crippen LogP contribution in [0, 0.1) is 6.92 Å². The number of thioether (sulfide) groups is 1. The number of Topliss-reactive ketones (excluding diaryl/α,β-unsaturated/α-hetero) is 1. The van der Waals surface area contributed by atoms with E-state index in [0.717, 1.165) is 10.5 Å². The van der Waals surface area contributed by atoms with Gasteiger partial charge in [0.05, 0.1) is 10.8 Å². The zero-order chi connectivity index (χ0) is 20.1. The Morgan fingerprint density at radius 3 is 2.39 bits per heavy atom. The lowest BCUT2D eigenvalue weighted by Crippen LogP contribution is -2.11. The van der Waals surface area contributed by atoms with Crippen molar-refractivity contribution in [3.8, 4) is 0 Å². The third kappa shape index (κ3) is 5.38. The van der Waals surface area contributed by atoms with Crippen LogP contribution in [0.1, 0.15) is 26.3 Å². The molecule has 0 atom stereocenters. The van der Waals surface area contributed by atoms with E-state index in [1.54, 1.807) is 24.3 Å². The van der Waals surface area contributed by atoms with E-state index in [1.165, 1.54) is 11.8 Å². The van der Waals surface area contributed by atoms with Crippen LogP contribution < -0.4 is 5.32 Å². The molecule has 0 saturated heterocycles. The minimum Gasteiger partial charge on any atom is -0.322 e. The van der Waals surface area contributed by atoms with E-state index in [-0.39, 0.29) is 17.4 Å². The molecule has 0 aromatic heterocycles. The van der Waals surface area contributed by atoms with E-state index in [0.29, 0.717) is 26.9 Å². The van der Waals surface area contributed by atoms with Crippen molar-refractivity contribution < 1.29 is 9.59 Å². The maximum atomic E-state index is 12.3. The average Bonchev–Trinajstić information content (AvgIpc) is 2.67. The first-order chi connectivity index (χ1) is 13.4. The molecule has 0 fully saturated rings. The largest absolute Gasteiger partial charge is 0.322 e. The van der Waals surface area contributed by atoms with E-state index in [1.807, 2.05) is 49.4 Å². The van der Waals surface area contributed by atoms with Crippen LogP contribution >= 0.6 is 35.0 Å². The Labute approximate surface area is 178 Å². The maximum absolute atomic E-state index is 12.3. The minimum absolute atomic E-state index is 0.0662. The molecule has 1 N–H and O–H groups in total. The van der Waals surface area contributed by atoms with Gasteiger partial charge in [-0.3, -0.25) is 9.59 Å². The summed E-state index contributed by atoms with van der Waals surface area (Å²) in [6, 6.07) is 19.6. The number of amides is 1. The number of carbonyl (C=O) groups is 2. The Hall–Kier alpha value is -2.27. The summed E-state index contributed by atoms with van der Waals surface area (Å²) in [5.41, 5.74) is 2.80. The van der Waals surface area contributed by atoms with E-state index in [9.17, 15) is 9.59 Å². The number of benzene rings is 3. The molecule has 0 bridgehead atoms. The summed E-state index contributed by atoms with van der Waals surface area (Å²) in [5.74, 6) is 0.0382. The first-order valence-electron chi connectivity index (χ1n) is 8.51. The Morgan fingerprint density at radius 1 is 0.964 bits per heavy atom. The maximum Gasteiger partial charge on any atom is 0.255 e. The molecule has 28 heavy (non-hydrogen) atoms. The molecule has 0 unspecified atom stereocenters. The van der Waals surface area contributed by atoms with Crippen LogP contribution in [-0.4, -0.2) is 17.4 Å². The first-order valence-corrected chi connectivity index (χ1v) is 10.3. The highest BCUT2D eigenvalue weighted by Gasteiger charge is 2.12. The summed E-state index contributed by atoms with van der Waals surface area (Å²) in [6.45, 7) is 1.95. The molecular formula is C22H17Cl2NO2S. The number of carbonyl (C=O) groups excluding carboxylic acids is 2. The Balaban J connectivity index is 1.58. The van der Waals surface area contributed by atoms with Crippen molar-refractivity contribution in [2.75, 3.05) is 11.1 Å². The Bertz CT molecular complexity index is 1020. The number of rotatable bonds is 6. The normalized spacial score (nSPS) is 10.5. The standard InChI is InChI=1S/C22H17Cl2NO2S/c1-14-3-2-4-15(11-14)22(27)25-17-6-8-18(9-7-17)28-13-21(26)19-10-5-16(23)12-20(19)24/h2-12H,13H2,1H3,(H,25,27). The summed E-state index contributed by atoms with van der Waals surface area (Å²) in [7, 11) is 0. The lowest BCUT2D eigenvalue weighted by Gasteiger charge is -2.08. The van der Waals surface area contributed by atoms with Gasteiger partial charge < -0.3 is 5.32 Å². The van der Waals surface area contributed by atoms with Crippen molar-refractivity contribution in [1.82, 2.24) is 0 Å². The molecule has 6 heteroatoms. The zero-order valence-corrected chi connectivity index (χ0v) is 17.4. The number of hydrogen-bond acceptors (Lipinski definition) is 3. The fourth-order valence-corrected chi connectivity index (χ4v) is 3.86. The van der Waals surface area contributed by atoms with Gasteiger partial charge in [0.15, 0.2) is 5.78 Å². The number of nitrogens with one attached hydrogen (secondary N) is 1. The summed E-state index contributed by atoms with van der Waals surface area (Å²) in [4.78, 5) is 25.6. The smallest absolute Gasteiger partial charge is 0.255 e. The van der Waals surface area contributed by atoms with Gasteiger partial charge in [-0.15, -0.1) is 11.8 Å². The second kappa shape index (κ2) is 9.28. The van der Waals surface area contributed by atoms with E-state index in [2.05, 4.69) is 5.32 Å². The average molecular weight is 430 g/mol. The summed E-state index contributed by atoms with van der Waals surface area (Å²) >= 11 is 13.4. The molecule has 0 heterocycles. The van der Waals surface area contributed by atoms with Crippen molar-refractivity contribution >= 4 is 52.3 Å². The number of anilines is 1. The second-order valence-corrected chi connectivity index (χ2v) is 8.08. The van der Waals surface area contributed by atoms with Crippen LogP contribution in [0.15, 0.2) is 71.6 Å². The molecule has 3 aromatic rings. The van der Waals surface area contributed by atoms with Crippen LogP contribution in [0.3, 0.4) is 0 Å². The molecule has 1 amide bonds. The zero-order valence-electron chi connectivity index (χ0n) is 15.0. The van der Waals surface area contributed by atoms with Crippen LogP contribution in [0.2, 0.25) is 10.0 Å². The van der Waals surface area contributed by atoms with Crippen molar-refractivity contribution in [3.63, 3.8) is 0 Å². The van der Waals surface area contributed by atoms with Crippen molar-refractivity contribution in [2.24, 2.45) is 0 Å². The fraction of sp³-hybridized carbons (Fsp3) is 0.0909. The fourth-order valence-electron chi connectivity index (χ4n) is 2.57. The summed E-state index contributed by atoms with van der Waals surface area (Å²) in [5, 5.41) is 3.72. The van der Waals surface area contributed by atoms with Crippen LogP contribution in [-0.2, 0) is 0 Å². The molecular weight excluding hydrogens is 413 g/mol. The molecule has 0 saturated carbocycles. The van der Waals surface area contributed by atoms with Crippen LogP contribution in [0.25, 0.3) is 0 Å². The van der Waals surface area contributed by atoms with E-state index >= 15 is 0 Å². The third-order valence-corrected chi connectivity index (χ3v) is 5.55. The molecule has 3 rings (SSSR count). The van der Waals surface area contributed by atoms with E-state index in [4.69, 9.17) is 23.2 Å². The van der Waals surface area contributed by atoms with Gasteiger partial charge in [-0.05, 0) is 61.5 Å². The highest BCUT2D eigenvalue weighted by Crippen LogP contribution is 2.25. The number of aryl methyl sites for hydroxylation is 1. The lowest BCUT2D eigenvalue weighted by atomic mass is 10.1. The van der Waals surface area contributed by atoms with Crippen molar-refractivity contribution in [2.45, 2.75) is 11.8 Å².